The van der Waals surface area contributed by atoms with E-state index in [9.17, 15) is 14.4 Å². The van der Waals surface area contributed by atoms with E-state index in [1.807, 2.05) is 30.3 Å². The van der Waals surface area contributed by atoms with E-state index in [1.165, 1.54) is 0 Å². The topological polar surface area (TPSA) is 78.9 Å². The molecule has 2 aliphatic heterocycles. The van der Waals surface area contributed by atoms with Crippen LogP contribution in [0.2, 0.25) is 5.02 Å². The van der Waals surface area contributed by atoms with Crippen molar-refractivity contribution in [3.05, 3.63) is 64.7 Å². The van der Waals surface area contributed by atoms with Crippen molar-refractivity contribution < 1.29 is 19.1 Å². The number of rotatable bonds is 4. The van der Waals surface area contributed by atoms with Gasteiger partial charge in [-0.05, 0) is 35.9 Å². The second-order valence-electron chi connectivity index (χ2n) is 7.32. The van der Waals surface area contributed by atoms with Gasteiger partial charge >= 0.3 is 5.97 Å². The van der Waals surface area contributed by atoms with Crippen molar-refractivity contribution >= 4 is 35.1 Å². The van der Waals surface area contributed by atoms with E-state index in [-0.39, 0.29) is 12.5 Å². The minimum Gasteiger partial charge on any atom is -0.448 e. The van der Waals surface area contributed by atoms with Crippen molar-refractivity contribution in [1.82, 2.24) is 10.2 Å². The molecule has 0 spiro atoms. The third-order valence-corrected chi connectivity index (χ3v) is 5.67. The van der Waals surface area contributed by atoms with Gasteiger partial charge in [-0.15, -0.1) is 0 Å². The first-order valence-electron chi connectivity index (χ1n) is 9.86. The summed E-state index contributed by atoms with van der Waals surface area (Å²) in [5.41, 5.74) is 2.33. The first-order valence-corrected chi connectivity index (χ1v) is 10.2. The summed E-state index contributed by atoms with van der Waals surface area (Å²) in [6, 6.07) is 14.7. The number of carbonyl (C=O) groups is 3. The molecule has 1 N–H and O–H groups in total. The normalized spacial score (nSPS) is 18.4. The summed E-state index contributed by atoms with van der Waals surface area (Å²) < 4.78 is 5.23. The standard InChI is InChI=1S/C22H22ClN3O4/c23-16-5-7-17(8-6-16)25-9-11-26(12-10-25)20(27)14-24-21(28)19-13-15-3-1-2-4-18(15)22(29)30-19/h1-8,19H,9-14H2,(H,24,28). The maximum absolute atomic E-state index is 12.5. The lowest BCUT2D eigenvalue weighted by atomic mass is 9.98. The van der Waals surface area contributed by atoms with Crippen molar-refractivity contribution in [2.75, 3.05) is 37.6 Å². The first-order chi connectivity index (χ1) is 14.5. The lowest BCUT2D eigenvalue weighted by Gasteiger charge is -2.36. The molecule has 1 fully saturated rings. The Bertz CT molecular complexity index is 955. The average molecular weight is 428 g/mol. The number of amides is 2. The highest BCUT2D eigenvalue weighted by Crippen LogP contribution is 2.21. The molecule has 0 aliphatic carbocycles. The molecular formula is C22H22ClN3O4. The van der Waals surface area contributed by atoms with E-state index in [2.05, 4.69) is 10.2 Å². The lowest BCUT2D eigenvalue weighted by Crippen LogP contribution is -2.52. The zero-order valence-corrected chi connectivity index (χ0v) is 17.1. The van der Waals surface area contributed by atoms with Gasteiger partial charge in [0.15, 0.2) is 6.10 Å². The quantitative estimate of drug-likeness (QED) is 0.754. The van der Waals surface area contributed by atoms with Crippen molar-refractivity contribution in [1.29, 1.82) is 0 Å². The Morgan fingerprint density at radius 2 is 1.73 bits per heavy atom. The zero-order valence-electron chi connectivity index (χ0n) is 16.3. The molecule has 1 unspecified atom stereocenters. The fourth-order valence-corrected chi connectivity index (χ4v) is 3.86. The number of esters is 1. The molecule has 7 nitrogen and oxygen atoms in total. The van der Waals surface area contributed by atoms with Gasteiger partial charge in [-0.25, -0.2) is 4.79 Å². The van der Waals surface area contributed by atoms with Gasteiger partial charge in [0.25, 0.3) is 5.91 Å². The zero-order chi connectivity index (χ0) is 21.1. The van der Waals surface area contributed by atoms with Crippen LogP contribution in [0.25, 0.3) is 0 Å². The van der Waals surface area contributed by atoms with Gasteiger partial charge in [0.1, 0.15) is 0 Å². The number of anilines is 1. The number of cyclic esters (lactones) is 1. The molecule has 156 valence electrons. The molecule has 1 atom stereocenters. The van der Waals surface area contributed by atoms with Gasteiger partial charge in [-0.3, -0.25) is 9.59 Å². The molecule has 30 heavy (non-hydrogen) atoms. The predicted octanol–water partition coefficient (Wildman–Crippen LogP) is 1.89. The fraction of sp³-hybridized carbons (Fsp3) is 0.318. The Labute approximate surface area is 179 Å². The van der Waals surface area contributed by atoms with Crippen molar-refractivity contribution in [3.63, 3.8) is 0 Å². The van der Waals surface area contributed by atoms with Gasteiger partial charge in [0.05, 0.1) is 12.1 Å². The predicted molar refractivity (Wildman–Crippen MR) is 113 cm³/mol. The maximum Gasteiger partial charge on any atom is 0.339 e. The molecule has 2 aromatic rings. The summed E-state index contributed by atoms with van der Waals surface area (Å²) in [5.74, 6) is -1.12. The Hall–Kier alpha value is -3.06. The Balaban J connectivity index is 1.26. The summed E-state index contributed by atoms with van der Waals surface area (Å²) in [5, 5.41) is 3.30. The van der Waals surface area contributed by atoms with E-state index in [0.29, 0.717) is 43.2 Å². The van der Waals surface area contributed by atoms with Gasteiger partial charge in [-0.1, -0.05) is 29.8 Å². The SMILES string of the molecule is O=C1OC(C(=O)NCC(=O)N2CCN(c3ccc(Cl)cc3)CC2)Cc2ccccc21. The van der Waals surface area contributed by atoms with Crippen LogP contribution >= 0.6 is 11.6 Å². The highest BCUT2D eigenvalue weighted by molar-refractivity contribution is 6.30. The van der Waals surface area contributed by atoms with Crippen LogP contribution in [-0.2, 0) is 20.7 Å². The van der Waals surface area contributed by atoms with Crippen molar-refractivity contribution in [2.45, 2.75) is 12.5 Å². The molecule has 0 aromatic heterocycles. The Kier molecular flexibility index (Phi) is 5.90. The number of nitrogens with zero attached hydrogens (tertiary/aromatic N) is 2. The number of benzene rings is 2. The summed E-state index contributed by atoms with van der Waals surface area (Å²) in [6.07, 6.45) is -0.608. The van der Waals surface area contributed by atoms with E-state index in [1.54, 1.807) is 23.1 Å². The number of ether oxygens (including phenoxy) is 1. The van der Waals surface area contributed by atoms with Crippen molar-refractivity contribution in [3.8, 4) is 0 Å². The average Bonchev–Trinajstić information content (AvgIpc) is 2.78. The van der Waals surface area contributed by atoms with Crippen LogP contribution in [0.4, 0.5) is 5.69 Å². The fourth-order valence-electron chi connectivity index (χ4n) is 3.73. The second-order valence-corrected chi connectivity index (χ2v) is 7.75. The van der Waals surface area contributed by atoms with Gasteiger partial charge in [-0.2, -0.15) is 0 Å². The van der Waals surface area contributed by atoms with E-state index < -0.39 is 18.0 Å². The summed E-state index contributed by atoms with van der Waals surface area (Å²) in [4.78, 5) is 40.9. The molecule has 0 bridgehead atoms. The molecule has 0 saturated carbocycles. The monoisotopic (exact) mass is 427 g/mol. The molecule has 2 heterocycles. The van der Waals surface area contributed by atoms with Gasteiger partial charge in [0, 0.05) is 43.3 Å². The molecule has 2 aliphatic rings. The number of piperazine rings is 1. The third-order valence-electron chi connectivity index (χ3n) is 5.42. The molecule has 4 rings (SSSR count). The highest BCUT2D eigenvalue weighted by Gasteiger charge is 2.31. The van der Waals surface area contributed by atoms with E-state index in [0.717, 1.165) is 11.3 Å². The number of fused-ring (bicyclic) bond motifs is 1. The van der Waals surface area contributed by atoms with Crippen LogP contribution in [0.1, 0.15) is 15.9 Å². The van der Waals surface area contributed by atoms with E-state index in [4.69, 9.17) is 16.3 Å². The summed E-state index contributed by atoms with van der Waals surface area (Å²) in [6.45, 7) is 2.44. The van der Waals surface area contributed by atoms with Crippen LogP contribution in [0.5, 0.6) is 0 Å². The number of hydrogen-bond acceptors (Lipinski definition) is 5. The summed E-state index contributed by atoms with van der Waals surface area (Å²) in [7, 11) is 0. The first kappa shape index (κ1) is 20.2. The van der Waals surface area contributed by atoms with Crippen LogP contribution in [0, 0.1) is 0 Å². The Morgan fingerprint density at radius 1 is 1.03 bits per heavy atom. The third kappa shape index (κ3) is 4.41. The minimum atomic E-state index is -0.915. The van der Waals surface area contributed by atoms with Crippen LogP contribution in [-0.4, -0.2) is 61.5 Å². The molecular weight excluding hydrogens is 406 g/mol. The molecule has 1 saturated heterocycles. The van der Waals surface area contributed by atoms with E-state index >= 15 is 0 Å². The minimum absolute atomic E-state index is 0.116. The van der Waals surface area contributed by atoms with Crippen LogP contribution in [0.3, 0.4) is 0 Å². The molecule has 2 aromatic carbocycles. The van der Waals surface area contributed by atoms with Gasteiger partial charge < -0.3 is 19.9 Å². The number of carbonyl (C=O) groups excluding carboxylic acids is 3. The van der Waals surface area contributed by atoms with Crippen molar-refractivity contribution in [2.24, 2.45) is 0 Å². The molecule has 0 radical (unpaired) electrons. The number of halogens is 1. The number of nitrogens with one attached hydrogen (secondary N) is 1. The maximum atomic E-state index is 12.5. The summed E-state index contributed by atoms with van der Waals surface area (Å²) >= 11 is 5.93. The molecule has 8 heteroatoms. The van der Waals surface area contributed by atoms with Crippen LogP contribution < -0.4 is 10.2 Å². The number of hydrogen-bond donors (Lipinski definition) is 1. The Morgan fingerprint density at radius 3 is 2.47 bits per heavy atom. The second kappa shape index (κ2) is 8.75. The molecule has 2 amide bonds. The largest absolute Gasteiger partial charge is 0.448 e. The van der Waals surface area contributed by atoms with Gasteiger partial charge in [0.2, 0.25) is 5.91 Å². The smallest absolute Gasteiger partial charge is 0.339 e. The lowest BCUT2D eigenvalue weighted by molar-refractivity contribution is -0.136. The van der Waals surface area contributed by atoms with Crippen LogP contribution in [0.15, 0.2) is 48.5 Å². The highest BCUT2D eigenvalue weighted by atomic mass is 35.5.